The van der Waals surface area contributed by atoms with E-state index in [1.54, 1.807) is 0 Å². The van der Waals surface area contributed by atoms with Crippen molar-refractivity contribution < 1.29 is 28.8 Å². The van der Waals surface area contributed by atoms with E-state index in [9.17, 15) is 4.79 Å². The number of carbonyl (C=O) groups is 1. The maximum atomic E-state index is 10.6. The number of rotatable bonds is 10. The highest BCUT2D eigenvalue weighted by Gasteiger charge is 1.98. The average molecular weight is 222 g/mol. The van der Waals surface area contributed by atoms with Gasteiger partial charge in [0.1, 0.15) is 6.61 Å². The number of methoxy groups -OCH3 is 1. The molecule has 1 N–H and O–H groups in total. The Labute approximate surface area is 89.1 Å². The van der Waals surface area contributed by atoms with E-state index >= 15 is 0 Å². The van der Waals surface area contributed by atoms with E-state index in [0.717, 1.165) is 0 Å². The van der Waals surface area contributed by atoms with Crippen LogP contribution >= 0.6 is 0 Å². The quantitative estimate of drug-likeness (QED) is 0.385. The maximum Gasteiger partial charge on any atom is 0.331 e. The summed E-state index contributed by atoms with van der Waals surface area (Å²) in [5.41, 5.74) is 0. The second-order valence-electron chi connectivity index (χ2n) is 2.58. The number of hydrogen-bond acceptors (Lipinski definition) is 6. The minimum absolute atomic E-state index is 0.0161. The minimum atomic E-state index is -0.402. The number of ether oxygens (including phenoxy) is 4. The van der Waals surface area contributed by atoms with Crippen molar-refractivity contribution in [1.82, 2.24) is 0 Å². The summed E-state index contributed by atoms with van der Waals surface area (Å²) in [4.78, 5) is 10.6. The minimum Gasteiger partial charge on any atom is -0.467 e. The molecule has 0 saturated carbocycles. The number of esters is 1. The maximum absolute atomic E-state index is 10.6. The van der Waals surface area contributed by atoms with E-state index in [1.807, 2.05) is 0 Å². The molecule has 0 aliphatic rings. The van der Waals surface area contributed by atoms with E-state index in [4.69, 9.17) is 19.3 Å². The van der Waals surface area contributed by atoms with Gasteiger partial charge in [0, 0.05) is 0 Å². The van der Waals surface area contributed by atoms with Crippen LogP contribution in [-0.4, -0.2) is 64.4 Å². The Bertz CT molecular complexity index is 150. The molecule has 0 bridgehead atoms. The van der Waals surface area contributed by atoms with Crippen molar-refractivity contribution in [3.05, 3.63) is 0 Å². The molecule has 90 valence electrons. The Morgan fingerprint density at radius 2 is 1.53 bits per heavy atom. The van der Waals surface area contributed by atoms with Crippen molar-refractivity contribution in [3.8, 4) is 0 Å². The van der Waals surface area contributed by atoms with Gasteiger partial charge in [-0.25, -0.2) is 4.79 Å². The third kappa shape index (κ3) is 11.2. The molecule has 0 rings (SSSR count). The molecule has 0 aromatic rings. The molecule has 0 unspecified atom stereocenters. The zero-order chi connectivity index (χ0) is 11.4. The van der Waals surface area contributed by atoms with Gasteiger partial charge in [-0.2, -0.15) is 0 Å². The molecule has 0 atom stereocenters. The molecule has 15 heavy (non-hydrogen) atoms. The van der Waals surface area contributed by atoms with E-state index in [2.05, 4.69) is 4.74 Å². The fourth-order valence-corrected chi connectivity index (χ4v) is 0.719. The van der Waals surface area contributed by atoms with Crippen LogP contribution in [0, 0.1) is 0 Å². The number of aliphatic hydroxyl groups is 1. The van der Waals surface area contributed by atoms with Gasteiger partial charge in [-0.05, 0) is 0 Å². The van der Waals surface area contributed by atoms with Gasteiger partial charge < -0.3 is 24.1 Å². The Kier molecular flexibility index (Phi) is 10.9. The van der Waals surface area contributed by atoms with Crippen LogP contribution in [0.5, 0.6) is 0 Å². The second-order valence-corrected chi connectivity index (χ2v) is 2.58. The zero-order valence-corrected chi connectivity index (χ0v) is 8.94. The van der Waals surface area contributed by atoms with Crippen molar-refractivity contribution >= 4 is 5.97 Å². The largest absolute Gasteiger partial charge is 0.467 e. The van der Waals surface area contributed by atoms with Crippen LogP contribution in [0.2, 0.25) is 0 Å². The number of aliphatic hydroxyl groups excluding tert-OH is 1. The molecule has 0 aliphatic carbocycles. The third-order valence-electron chi connectivity index (χ3n) is 1.43. The van der Waals surface area contributed by atoms with E-state index in [-0.39, 0.29) is 13.2 Å². The molecular weight excluding hydrogens is 204 g/mol. The number of carbonyl (C=O) groups excluding carboxylic acids is 1. The Hall–Kier alpha value is -0.690. The van der Waals surface area contributed by atoms with Gasteiger partial charge in [-0.1, -0.05) is 0 Å². The predicted molar refractivity (Wildman–Crippen MR) is 51.6 cm³/mol. The van der Waals surface area contributed by atoms with E-state index < -0.39 is 5.97 Å². The molecule has 6 nitrogen and oxygen atoms in total. The lowest BCUT2D eigenvalue weighted by Crippen LogP contribution is -2.15. The molecule has 0 aromatic carbocycles. The smallest absolute Gasteiger partial charge is 0.331 e. The second kappa shape index (κ2) is 11.4. The Morgan fingerprint density at radius 3 is 2.07 bits per heavy atom. The predicted octanol–water partition coefficient (Wildman–Crippen LogP) is -0.798. The highest BCUT2D eigenvalue weighted by molar-refractivity contribution is 5.70. The summed E-state index contributed by atoms with van der Waals surface area (Å²) in [5.74, 6) is -0.402. The van der Waals surface area contributed by atoms with Crippen LogP contribution in [-0.2, 0) is 23.7 Å². The summed E-state index contributed by atoms with van der Waals surface area (Å²) in [6.45, 7) is 1.92. The van der Waals surface area contributed by atoms with Crippen LogP contribution in [0.15, 0.2) is 0 Å². The Balaban J connectivity index is 2.95. The van der Waals surface area contributed by atoms with E-state index in [0.29, 0.717) is 33.0 Å². The molecule has 0 saturated heterocycles. The van der Waals surface area contributed by atoms with Crippen molar-refractivity contribution in [3.63, 3.8) is 0 Å². The number of hydrogen-bond donors (Lipinski definition) is 1. The van der Waals surface area contributed by atoms with Crippen LogP contribution < -0.4 is 0 Å². The summed E-state index contributed by atoms with van der Waals surface area (Å²) in [6, 6.07) is 0. The summed E-state index contributed by atoms with van der Waals surface area (Å²) in [5, 5.41) is 8.38. The summed E-state index contributed by atoms with van der Waals surface area (Å²) in [6.07, 6.45) is 0. The Morgan fingerprint density at radius 1 is 1.00 bits per heavy atom. The molecule has 0 radical (unpaired) electrons. The molecular formula is C9H18O6. The third-order valence-corrected chi connectivity index (χ3v) is 1.43. The molecule has 0 spiro atoms. The lowest BCUT2D eigenvalue weighted by molar-refractivity contribution is -0.146. The monoisotopic (exact) mass is 222 g/mol. The SMILES string of the molecule is COC(=O)COCCOCCOCCO. The van der Waals surface area contributed by atoms with Crippen molar-refractivity contribution in [2.75, 3.05) is 53.4 Å². The lowest BCUT2D eigenvalue weighted by Gasteiger charge is -2.05. The van der Waals surface area contributed by atoms with Crippen molar-refractivity contribution in [1.29, 1.82) is 0 Å². The molecule has 0 fully saturated rings. The summed E-state index contributed by atoms with van der Waals surface area (Å²) in [7, 11) is 1.31. The van der Waals surface area contributed by atoms with Crippen LogP contribution in [0.25, 0.3) is 0 Å². The fourth-order valence-electron chi connectivity index (χ4n) is 0.719. The highest BCUT2D eigenvalue weighted by Crippen LogP contribution is 1.82. The van der Waals surface area contributed by atoms with Gasteiger partial charge in [0.25, 0.3) is 0 Å². The van der Waals surface area contributed by atoms with Gasteiger partial charge in [-0.15, -0.1) is 0 Å². The summed E-state index contributed by atoms with van der Waals surface area (Å²) < 4.78 is 19.4. The molecule has 6 heteroatoms. The van der Waals surface area contributed by atoms with Crippen LogP contribution in [0.3, 0.4) is 0 Å². The zero-order valence-electron chi connectivity index (χ0n) is 8.94. The topological polar surface area (TPSA) is 74.2 Å². The van der Waals surface area contributed by atoms with Crippen molar-refractivity contribution in [2.24, 2.45) is 0 Å². The van der Waals surface area contributed by atoms with Gasteiger partial charge in [0.2, 0.25) is 0 Å². The van der Waals surface area contributed by atoms with Crippen LogP contribution in [0.4, 0.5) is 0 Å². The van der Waals surface area contributed by atoms with Crippen molar-refractivity contribution in [2.45, 2.75) is 0 Å². The fraction of sp³-hybridized carbons (Fsp3) is 0.889. The molecule has 0 heterocycles. The molecule has 0 aromatic heterocycles. The first-order chi connectivity index (χ1) is 7.31. The van der Waals surface area contributed by atoms with Gasteiger partial charge in [0.15, 0.2) is 0 Å². The first-order valence-corrected chi connectivity index (χ1v) is 4.72. The standard InChI is InChI=1S/C9H18O6/c1-12-9(11)8-15-7-6-14-5-4-13-3-2-10/h10H,2-8H2,1H3. The van der Waals surface area contributed by atoms with Gasteiger partial charge in [-0.3, -0.25) is 0 Å². The van der Waals surface area contributed by atoms with Crippen LogP contribution in [0.1, 0.15) is 0 Å². The lowest BCUT2D eigenvalue weighted by atomic mass is 10.7. The summed E-state index contributed by atoms with van der Waals surface area (Å²) >= 11 is 0. The molecule has 0 aliphatic heterocycles. The van der Waals surface area contributed by atoms with Gasteiger partial charge in [0.05, 0.1) is 46.8 Å². The highest BCUT2D eigenvalue weighted by atomic mass is 16.6. The first-order valence-electron chi connectivity index (χ1n) is 4.72. The van der Waals surface area contributed by atoms with Gasteiger partial charge >= 0.3 is 5.97 Å². The molecule has 0 amide bonds. The average Bonchev–Trinajstić information content (AvgIpc) is 2.26. The normalized spacial score (nSPS) is 10.3. The first kappa shape index (κ1) is 14.3. The van der Waals surface area contributed by atoms with E-state index in [1.165, 1.54) is 7.11 Å².